The van der Waals surface area contributed by atoms with E-state index in [2.05, 4.69) is 10.3 Å². The quantitative estimate of drug-likeness (QED) is 0.897. The van der Waals surface area contributed by atoms with Crippen LogP contribution in [-0.2, 0) is 16.0 Å². The second kappa shape index (κ2) is 7.90. The first-order chi connectivity index (χ1) is 11.2. The number of aromatic nitrogens is 1. The molecular formula is C17H25N3O2S. The molecule has 3 rings (SSSR count). The average molecular weight is 335 g/mol. The summed E-state index contributed by atoms with van der Waals surface area (Å²) in [4.78, 5) is 30.8. The maximum Gasteiger partial charge on any atom is 0.225 e. The Morgan fingerprint density at radius 2 is 1.91 bits per heavy atom. The molecule has 0 radical (unpaired) electrons. The van der Waals surface area contributed by atoms with E-state index in [4.69, 9.17) is 0 Å². The third-order valence-corrected chi connectivity index (χ3v) is 5.68. The number of piperidine rings is 1. The van der Waals surface area contributed by atoms with Crippen LogP contribution in [0.1, 0.15) is 44.2 Å². The van der Waals surface area contributed by atoms with Crippen LogP contribution in [0.15, 0.2) is 10.9 Å². The van der Waals surface area contributed by atoms with Crippen LogP contribution in [0.25, 0.3) is 0 Å². The molecule has 2 amide bonds. The number of nitrogens with zero attached hydrogens (tertiary/aromatic N) is 2. The maximum atomic E-state index is 12.4. The smallest absolute Gasteiger partial charge is 0.225 e. The normalized spacial score (nSPS) is 19.9. The lowest BCUT2D eigenvalue weighted by Crippen LogP contribution is -2.45. The number of amides is 2. The molecule has 1 saturated carbocycles. The molecule has 0 spiro atoms. The molecule has 0 atom stereocenters. The Labute approximate surface area is 141 Å². The number of carbonyl (C=O) groups is 2. The first kappa shape index (κ1) is 16.4. The maximum absolute atomic E-state index is 12.4. The Balaban J connectivity index is 1.37. The van der Waals surface area contributed by atoms with Gasteiger partial charge in [0.15, 0.2) is 0 Å². The minimum absolute atomic E-state index is 0.0538. The molecule has 0 unspecified atom stereocenters. The molecule has 0 aromatic carbocycles. The van der Waals surface area contributed by atoms with Gasteiger partial charge in [0, 0.05) is 43.3 Å². The summed E-state index contributed by atoms with van der Waals surface area (Å²) >= 11 is 1.58. The molecule has 1 saturated heterocycles. The summed E-state index contributed by atoms with van der Waals surface area (Å²) in [5, 5.41) is 5.03. The van der Waals surface area contributed by atoms with Crippen molar-refractivity contribution in [3.63, 3.8) is 0 Å². The van der Waals surface area contributed by atoms with E-state index in [1.807, 2.05) is 15.8 Å². The number of likely N-dealkylation sites (tertiary alicyclic amines) is 1. The number of nitrogens with one attached hydrogen (secondary N) is 1. The molecule has 23 heavy (non-hydrogen) atoms. The summed E-state index contributed by atoms with van der Waals surface area (Å²) in [7, 11) is 0. The van der Waals surface area contributed by atoms with Crippen molar-refractivity contribution in [2.24, 2.45) is 11.8 Å². The van der Waals surface area contributed by atoms with E-state index in [1.54, 1.807) is 11.3 Å². The molecule has 2 heterocycles. The van der Waals surface area contributed by atoms with Gasteiger partial charge < -0.3 is 10.2 Å². The Morgan fingerprint density at radius 3 is 2.57 bits per heavy atom. The molecule has 1 aromatic rings. The van der Waals surface area contributed by atoms with E-state index in [-0.39, 0.29) is 17.7 Å². The number of hydrogen-bond acceptors (Lipinski definition) is 4. The van der Waals surface area contributed by atoms with Crippen molar-refractivity contribution in [2.45, 2.75) is 44.9 Å². The van der Waals surface area contributed by atoms with E-state index in [1.165, 1.54) is 12.8 Å². The van der Waals surface area contributed by atoms with Crippen molar-refractivity contribution in [2.75, 3.05) is 19.6 Å². The number of rotatable bonds is 5. The van der Waals surface area contributed by atoms with Gasteiger partial charge in [0.25, 0.3) is 0 Å². The Morgan fingerprint density at radius 1 is 1.17 bits per heavy atom. The molecule has 5 nitrogen and oxygen atoms in total. The van der Waals surface area contributed by atoms with Gasteiger partial charge in [0.2, 0.25) is 11.8 Å². The largest absolute Gasteiger partial charge is 0.355 e. The van der Waals surface area contributed by atoms with Crippen LogP contribution in [0.2, 0.25) is 0 Å². The zero-order valence-corrected chi connectivity index (χ0v) is 14.3. The van der Waals surface area contributed by atoms with Crippen molar-refractivity contribution >= 4 is 23.2 Å². The van der Waals surface area contributed by atoms with Crippen LogP contribution in [0.5, 0.6) is 0 Å². The van der Waals surface area contributed by atoms with Crippen LogP contribution in [0.3, 0.4) is 0 Å². The lowest BCUT2D eigenvalue weighted by molar-refractivity contribution is -0.139. The molecule has 1 aliphatic heterocycles. The third-order valence-electron chi connectivity index (χ3n) is 5.05. The zero-order valence-electron chi connectivity index (χ0n) is 13.5. The topological polar surface area (TPSA) is 62.3 Å². The number of carbonyl (C=O) groups excluding carboxylic acids is 2. The minimum atomic E-state index is 0.0538. The van der Waals surface area contributed by atoms with Crippen molar-refractivity contribution < 1.29 is 9.59 Å². The fourth-order valence-corrected chi connectivity index (χ4v) is 4.21. The molecule has 1 N–H and O–H groups in total. The lowest BCUT2D eigenvalue weighted by Gasteiger charge is -2.33. The molecular weight excluding hydrogens is 310 g/mol. The molecule has 1 aromatic heterocycles. The van der Waals surface area contributed by atoms with Crippen LogP contribution >= 0.6 is 11.3 Å². The highest BCUT2D eigenvalue weighted by Gasteiger charge is 2.31. The van der Waals surface area contributed by atoms with Crippen molar-refractivity contribution in [3.8, 4) is 0 Å². The Bertz CT molecular complexity index is 518. The summed E-state index contributed by atoms with van der Waals surface area (Å²) in [5.41, 5.74) is 2.85. The summed E-state index contributed by atoms with van der Waals surface area (Å²) in [6.07, 6.45) is 6.85. The van der Waals surface area contributed by atoms with Crippen LogP contribution in [0, 0.1) is 11.8 Å². The van der Waals surface area contributed by atoms with Gasteiger partial charge in [-0.25, -0.2) is 4.98 Å². The van der Waals surface area contributed by atoms with Gasteiger partial charge in [0.1, 0.15) is 0 Å². The predicted molar refractivity (Wildman–Crippen MR) is 90.1 cm³/mol. The molecule has 1 aliphatic carbocycles. The molecule has 2 fully saturated rings. The lowest BCUT2D eigenvalue weighted by atomic mass is 9.94. The Kier molecular flexibility index (Phi) is 5.65. The van der Waals surface area contributed by atoms with Crippen LogP contribution < -0.4 is 5.32 Å². The number of hydrogen-bond donors (Lipinski definition) is 1. The highest BCUT2D eigenvalue weighted by atomic mass is 32.1. The summed E-state index contributed by atoms with van der Waals surface area (Å²) in [6, 6.07) is 0. The summed E-state index contributed by atoms with van der Waals surface area (Å²) < 4.78 is 0. The van der Waals surface area contributed by atoms with Gasteiger partial charge in [-0.05, 0) is 25.7 Å². The van der Waals surface area contributed by atoms with Gasteiger partial charge in [-0.3, -0.25) is 9.59 Å². The van der Waals surface area contributed by atoms with Crippen LogP contribution in [0.4, 0.5) is 0 Å². The monoisotopic (exact) mass is 335 g/mol. The first-order valence-corrected chi connectivity index (χ1v) is 9.62. The van der Waals surface area contributed by atoms with E-state index in [0.717, 1.165) is 50.9 Å². The minimum Gasteiger partial charge on any atom is -0.355 e. The molecule has 2 aliphatic rings. The van der Waals surface area contributed by atoms with Crippen molar-refractivity contribution in [1.82, 2.24) is 15.2 Å². The van der Waals surface area contributed by atoms with Gasteiger partial charge >= 0.3 is 0 Å². The number of thiazole rings is 1. The second-order valence-electron chi connectivity index (χ2n) is 6.60. The van der Waals surface area contributed by atoms with Gasteiger partial charge in [-0.1, -0.05) is 12.8 Å². The fourth-order valence-electron chi connectivity index (χ4n) is 3.61. The highest BCUT2D eigenvalue weighted by Crippen LogP contribution is 2.28. The van der Waals surface area contributed by atoms with Gasteiger partial charge in [-0.15, -0.1) is 11.3 Å². The average Bonchev–Trinajstić information content (AvgIpc) is 3.28. The van der Waals surface area contributed by atoms with E-state index in [9.17, 15) is 9.59 Å². The molecule has 126 valence electrons. The van der Waals surface area contributed by atoms with Gasteiger partial charge in [0.05, 0.1) is 11.2 Å². The predicted octanol–water partition coefficient (Wildman–Crippen LogP) is 2.23. The molecule has 6 heteroatoms. The SMILES string of the molecule is O=C(NCCc1cscn1)C1CCN(C(=O)C2CCCC2)CC1. The summed E-state index contributed by atoms with van der Waals surface area (Å²) in [5.74, 6) is 0.759. The van der Waals surface area contributed by atoms with E-state index >= 15 is 0 Å². The zero-order chi connectivity index (χ0) is 16.1. The van der Waals surface area contributed by atoms with E-state index < -0.39 is 0 Å². The summed E-state index contributed by atoms with van der Waals surface area (Å²) in [6.45, 7) is 2.11. The Hall–Kier alpha value is -1.43. The van der Waals surface area contributed by atoms with Gasteiger partial charge in [-0.2, -0.15) is 0 Å². The fraction of sp³-hybridized carbons (Fsp3) is 0.706. The molecule has 0 bridgehead atoms. The van der Waals surface area contributed by atoms with Crippen molar-refractivity contribution in [3.05, 3.63) is 16.6 Å². The second-order valence-corrected chi connectivity index (χ2v) is 7.32. The highest BCUT2D eigenvalue weighted by molar-refractivity contribution is 7.07. The van der Waals surface area contributed by atoms with Crippen molar-refractivity contribution in [1.29, 1.82) is 0 Å². The third kappa shape index (κ3) is 4.31. The first-order valence-electron chi connectivity index (χ1n) is 8.67. The standard InChI is InChI=1S/C17H25N3O2S/c21-16(18-8-5-15-11-23-12-19-15)13-6-9-20(10-7-13)17(22)14-3-1-2-4-14/h11-14H,1-10H2,(H,18,21). The van der Waals surface area contributed by atoms with E-state index in [0.29, 0.717) is 12.5 Å². The van der Waals surface area contributed by atoms with Crippen LogP contribution in [-0.4, -0.2) is 41.3 Å².